The van der Waals surface area contributed by atoms with E-state index in [-0.39, 0.29) is 6.03 Å². The molecule has 2 aliphatic rings. The molecule has 0 bridgehead atoms. The smallest absolute Gasteiger partial charge is 0.323 e. The zero-order chi connectivity index (χ0) is 16.4. The highest BCUT2D eigenvalue weighted by Gasteiger charge is 2.40. The van der Waals surface area contributed by atoms with Crippen LogP contribution in [0.25, 0.3) is 0 Å². The SMILES string of the molecule is CC(C)COc1cc(NC(=O)N2C[C@H]3CN(C)C[C@H]3C2)ncn1. The minimum atomic E-state index is -0.0874. The summed E-state index contributed by atoms with van der Waals surface area (Å²) in [5.74, 6) is 2.59. The van der Waals surface area contributed by atoms with E-state index in [4.69, 9.17) is 4.74 Å². The minimum Gasteiger partial charge on any atom is -0.477 e. The molecule has 126 valence electrons. The lowest BCUT2D eigenvalue weighted by Crippen LogP contribution is -2.35. The second kappa shape index (κ2) is 6.70. The number of ether oxygens (including phenoxy) is 1. The van der Waals surface area contributed by atoms with Crippen molar-refractivity contribution in [2.24, 2.45) is 17.8 Å². The monoisotopic (exact) mass is 319 g/mol. The third-order valence-electron chi connectivity index (χ3n) is 4.40. The van der Waals surface area contributed by atoms with E-state index in [9.17, 15) is 4.79 Å². The molecule has 3 heterocycles. The first-order valence-corrected chi connectivity index (χ1v) is 8.20. The second-order valence-corrected chi connectivity index (χ2v) is 7.02. The van der Waals surface area contributed by atoms with E-state index in [1.54, 1.807) is 6.07 Å². The Labute approximate surface area is 137 Å². The Morgan fingerprint density at radius 3 is 2.65 bits per heavy atom. The molecule has 0 aliphatic carbocycles. The Hall–Kier alpha value is -1.89. The summed E-state index contributed by atoms with van der Waals surface area (Å²) in [5, 5.41) is 2.85. The number of hydrogen-bond acceptors (Lipinski definition) is 5. The van der Waals surface area contributed by atoms with Crippen molar-refractivity contribution >= 4 is 11.8 Å². The van der Waals surface area contributed by atoms with Crippen LogP contribution in [0, 0.1) is 17.8 Å². The highest BCUT2D eigenvalue weighted by atomic mass is 16.5. The quantitative estimate of drug-likeness (QED) is 0.911. The molecule has 1 aromatic heterocycles. The van der Waals surface area contributed by atoms with E-state index in [1.165, 1.54) is 6.33 Å². The number of fused-ring (bicyclic) bond motifs is 1. The van der Waals surface area contributed by atoms with Crippen LogP contribution in [0.4, 0.5) is 10.6 Å². The molecular weight excluding hydrogens is 294 g/mol. The molecule has 0 unspecified atom stereocenters. The van der Waals surface area contributed by atoms with Crippen molar-refractivity contribution in [1.29, 1.82) is 0 Å². The van der Waals surface area contributed by atoms with Crippen LogP contribution < -0.4 is 10.1 Å². The van der Waals surface area contributed by atoms with Gasteiger partial charge in [-0.05, 0) is 24.8 Å². The Morgan fingerprint density at radius 2 is 2.00 bits per heavy atom. The summed E-state index contributed by atoms with van der Waals surface area (Å²) >= 11 is 0. The largest absolute Gasteiger partial charge is 0.477 e. The molecule has 0 spiro atoms. The van der Waals surface area contributed by atoms with Gasteiger partial charge in [0.2, 0.25) is 5.88 Å². The van der Waals surface area contributed by atoms with Crippen molar-refractivity contribution < 1.29 is 9.53 Å². The van der Waals surface area contributed by atoms with Gasteiger partial charge in [0, 0.05) is 32.2 Å². The number of hydrogen-bond donors (Lipinski definition) is 1. The molecule has 2 amide bonds. The molecule has 2 atom stereocenters. The normalized spacial score (nSPS) is 24.1. The summed E-state index contributed by atoms with van der Waals surface area (Å²) in [4.78, 5) is 24.8. The molecule has 2 fully saturated rings. The molecule has 0 radical (unpaired) electrons. The second-order valence-electron chi connectivity index (χ2n) is 7.02. The summed E-state index contributed by atoms with van der Waals surface area (Å²) in [5.41, 5.74) is 0. The number of urea groups is 1. The highest BCUT2D eigenvalue weighted by molar-refractivity contribution is 5.88. The molecule has 1 N–H and O–H groups in total. The van der Waals surface area contributed by atoms with E-state index in [2.05, 4.69) is 41.1 Å². The molecule has 2 saturated heterocycles. The summed E-state index contributed by atoms with van der Waals surface area (Å²) in [6.07, 6.45) is 1.42. The zero-order valence-electron chi connectivity index (χ0n) is 14.0. The fourth-order valence-electron chi connectivity index (χ4n) is 3.32. The number of rotatable bonds is 4. The van der Waals surface area contributed by atoms with E-state index in [0.29, 0.717) is 36.1 Å². The van der Waals surface area contributed by atoms with Gasteiger partial charge in [-0.3, -0.25) is 5.32 Å². The summed E-state index contributed by atoms with van der Waals surface area (Å²) in [6.45, 7) is 8.54. The van der Waals surface area contributed by atoms with Gasteiger partial charge in [-0.25, -0.2) is 14.8 Å². The van der Waals surface area contributed by atoms with Gasteiger partial charge in [-0.1, -0.05) is 13.8 Å². The van der Waals surface area contributed by atoms with Crippen LogP contribution in [0.1, 0.15) is 13.8 Å². The van der Waals surface area contributed by atoms with Crippen molar-refractivity contribution in [3.05, 3.63) is 12.4 Å². The third kappa shape index (κ3) is 3.90. The van der Waals surface area contributed by atoms with Crippen LogP contribution in [0.15, 0.2) is 12.4 Å². The first-order valence-electron chi connectivity index (χ1n) is 8.20. The summed E-state index contributed by atoms with van der Waals surface area (Å²) < 4.78 is 5.57. The van der Waals surface area contributed by atoms with Gasteiger partial charge in [-0.2, -0.15) is 0 Å². The lowest BCUT2D eigenvalue weighted by atomic mass is 10.0. The Morgan fingerprint density at radius 1 is 1.30 bits per heavy atom. The average Bonchev–Trinajstić information content (AvgIpc) is 3.03. The number of carbonyl (C=O) groups is 1. The van der Waals surface area contributed by atoms with Crippen LogP contribution in [-0.2, 0) is 0 Å². The number of aromatic nitrogens is 2. The predicted octanol–water partition coefficient (Wildman–Crippen LogP) is 1.54. The van der Waals surface area contributed by atoms with Crippen molar-refractivity contribution in [3.8, 4) is 5.88 Å². The first kappa shape index (κ1) is 16.0. The van der Waals surface area contributed by atoms with Gasteiger partial charge in [0.05, 0.1) is 6.61 Å². The fourth-order valence-corrected chi connectivity index (χ4v) is 3.32. The number of nitrogens with zero attached hydrogens (tertiary/aromatic N) is 4. The zero-order valence-corrected chi connectivity index (χ0v) is 14.0. The third-order valence-corrected chi connectivity index (χ3v) is 4.40. The number of anilines is 1. The first-order chi connectivity index (χ1) is 11.0. The maximum Gasteiger partial charge on any atom is 0.323 e. The average molecular weight is 319 g/mol. The molecule has 0 saturated carbocycles. The van der Waals surface area contributed by atoms with Crippen LogP contribution in [0.3, 0.4) is 0 Å². The summed E-state index contributed by atoms with van der Waals surface area (Å²) in [6, 6.07) is 1.58. The maximum absolute atomic E-state index is 12.4. The number of likely N-dealkylation sites (tertiary alicyclic amines) is 2. The number of nitrogens with one attached hydrogen (secondary N) is 1. The minimum absolute atomic E-state index is 0.0874. The fraction of sp³-hybridized carbons (Fsp3) is 0.688. The number of carbonyl (C=O) groups excluding carboxylic acids is 1. The lowest BCUT2D eigenvalue weighted by Gasteiger charge is -2.19. The molecule has 0 aromatic carbocycles. The molecule has 3 rings (SSSR count). The van der Waals surface area contributed by atoms with Gasteiger partial charge in [0.25, 0.3) is 0 Å². The van der Waals surface area contributed by atoms with Gasteiger partial charge in [0.1, 0.15) is 12.1 Å². The molecule has 7 nitrogen and oxygen atoms in total. The standard InChI is InChI=1S/C16H25N5O2/c1-11(2)9-23-15-4-14(17-10-18-15)19-16(22)21-7-12-5-20(3)6-13(12)8-21/h4,10-13H,5-9H2,1-3H3,(H,17,18,19,22)/t12-,13+. The molecule has 1 aromatic rings. The highest BCUT2D eigenvalue weighted by Crippen LogP contribution is 2.30. The van der Waals surface area contributed by atoms with E-state index in [0.717, 1.165) is 26.2 Å². The van der Waals surface area contributed by atoms with Crippen molar-refractivity contribution in [3.63, 3.8) is 0 Å². The van der Waals surface area contributed by atoms with Crippen molar-refractivity contribution in [2.45, 2.75) is 13.8 Å². The van der Waals surface area contributed by atoms with E-state index >= 15 is 0 Å². The van der Waals surface area contributed by atoms with Gasteiger partial charge < -0.3 is 14.5 Å². The topological polar surface area (TPSA) is 70.6 Å². The molecule has 2 aliphatic heterocycles. The van der Waals surface area contributed by atoms with Gasteiger partial charge in [0.15, 0.2) is 0 Å². The van der Waals surface area contributed by atoms with Crippen LogP contribution in [0.2, 0.25) is 0 Å². The van der Waals surface area contributed by atoms with Crippen LogP contribution in [0.5, 0.6) is 5.88 Å². The summed E-state index contributed by atoms with van der Waals surface area (Å²) in [7, 11) is 2.14. The molecular formula is C16H25N5O2. The molecule has 7 heteroatoms. The lowest BCUT2D eigenvalue weighted by molar-refractivity contribution is 0.215. The molecule has 23 heavy (non-hydrogen) atoms. The van der Waals surface area contributed by atoms with Gasteiger partial charge in [-0.15, -0.1) is 0 Å². The van der Waals surface area contributed by atoms with E-state index < -0.39 is 0 Å². The Bertz CT molecular complexity index is 551. The van der Waals surface area contributed by atoms with Crippen molar-refractivity contribution in [2.75, 3.05) is 45.2 Å². The maximum atomic E-state index is 12.4. The Balaban J connectivity index is 1.55. The van der Waals surface area contributed by atoms with Crippen molar-refractivity contribution in [1.82, 2.24) is 19.8 Å². The van der Waals surface area contributed by atoms with Crippen LogP contribution in [-0.4, -0.2) is 65.6 Å². The number of amides is 2. The predicted molar refractivity (Wildman–Crippen MR) is 87.4 cm³/mol. The van der Waals surface area contributed by atoms with Crippen LogP contribution >= 0.6 is 0 Å². The van der Waals surface area contributed by atoms with E-state index in [1.807, 2.05) is 4.90 Å². The van der Waals surface area contributed by atoms with Gasteiger partial charge >= 0.3 is 6.03 Å². The Kier molecular flexibility index (Phi) is 4.66.